The Morgan fingerprint density at radius 1 is 1.14 bits per heavy atom. The summed E-state index contributed by atoms with van der Waals surface area (Å²) in [7, 11) is 1.70. The maximum atomic E-state index is 12.6. The molecule has 3 aliphatic rings. The lowest BCUT2D eigenvalue weighted by molar-refractivity contribution is -0.192. The minimum Gasteiger partial charge on any atom is -0.497 e. The van der Waals surface area contributed by atoms with Crippen molar-refractivity contribution in [3.63, 3.8) is 0 Å². The van der Waals surface area contributed by atoms with Crippen molar-refractivity contribution in [3.8, 4) is 5.75 Å². The number of nitrogens with zero attached hydrogens (tertiary/aromatic N) is 4. The fourth-order valence-corrected chi connectivity index (χ4v) is 4.87. The van der Waals surface area contributed by atoms with Crippen molar-refractivity contribution in [2.45, 2.75) is 57.8 Å². The van der Waals surface area contributed by atoms with Crippen molar-refractivity contribution in [3.05, 3.63) is 41.5 Å². The number of halogens is 3. The number of aryl methyl sites for hydroxylation is 1. The highest BCUT2D eigenvalue weighted by Crippen LogP contribution is 2.41. The predicted octanol–water partition coefficient (Wildman–Crippen LogP) is 3.29. The molecule has 1 spiro atoms. The summed E-state index contributed by atoms with van der Waals surface area (Å²) >= 11 is 0. The zero-order valence-electron chi connectivity index (χ0n) is 20.8. The third-order valence-electron chi connectivity index (χ3n) is 7.38. The first-order chi connectivity index (χ1) is 17.6. The number of methoxy groups -OCH3 is 1. The summed E-state index contributed by atoms with van der Waals surface area (Å²) in [4.78, 5) is 24.1. The maximum absolute atomic E-state index is 12.6. The molecule has 202 valence electrons. The van der Waals surface area contributed by atoms with Gasteiger partial charge < -0.3 is 19.7 Å². The number of aromatic nitrogens is 3. The molecule has 1 saturated heterocycles. The highest BCUT2D eigenvalue weighted by molar-refractivity contribution is 5.90. The maximum Gasteiger partial charge on any atom is 0.490 e. The van der Waals surface area contributed by atoms with Crippen molar-refractivity contribution < 1.29 is 32.6 Å². The first-order valence-corrected chi connectivity index (χ1v) is 12.4. The van der Waals surface area contributed by atoms with Crippen LogP contribution in [0.4, 0.5) is 13.2 Å². The quantitative estimate of drug-likeness (QED) is 0.598. The van der Waals surface area contributed by atoms with Gasteiger partial charge in [0.05, 0.1) is 7.11 Å². The molecule has 1 aromatic carbocycles. The number of alkyl halides is 3. The number of carbonyl (C=O) groups is 2. The summed E-state index contributed by atoms with van der Waals surface area (Å²) < 4.78 is 39.1. The normalized spacial score (nSPS) is 18.9. The summed E-state index contributed by atoms with van der Waals surface area (Å²) in [5.41, 5.74) is 1.59. The average molecular weight is 524 g/mol. The number of piperidine rings is 1. The topological polar surface area (TPSA) is 110 Å². The predicted molar refractivity (Wildman–Crippen MR) is 127 cm³/mol. The molecule has 0 atom stereocenters. The summed E-state index contributed by atoms with van der Waals surface area (Å²) in [6.45, 7) is 4.80. The molecule has 0 unspecified atom stereocenters. The summed E-state index contributed by atoms with van der Waals surface area (Å²) in [5, 5.41) is 18.7. The van der Waals surface area contributed by atoms with Gasteiger partial charge in [0.15, 0.2) is 0 Å². The second-order valence-corrected chi connectivity index (χ2v) is 10.1. The molecule has 0 bridgehead atoms. The molecule has 3 heterocycles. The molecule has 5 rings (SSSR count). The SMILES string of the molecule is COc1ccc(CN2CCC3(CCc4nnc(C(=O)NCC5CC5)n4C3)CC2)cc1.O=C(O)C(F)(F)F. The Labute approximate surface area is 213 Å². The highest BCUT2D eigenvalue weighted by Gasteiger charge is 2.40. The van der Waals surface area contributed by atoms with E-state index in [2.05, 4.69) is 37.1 Å². The highest BCUT2D eigenvalue weighted by atomic mass is 19.4. The Balaban J connectivity index is 0.000000405. The first kappa shape index (κ1) is 26.9. The third kappa shape index (κ3) is 7.00. The summed E-state index contributed by atoms with van der Waals surface area (Å²) in [6, 6.07) is 8.37. The molecule has 1 aromatic heterocycles. The molecular weight excluding hydrogens is 491 g/mol. The van der Waals surface area contributed by atoms with E-state index in [9.17, 15) is 18.0 Å². The molecule has 1 aliphatic carbocycles. The van der Waals surface area contributed by atoms with Gasteiger partial charge in [-0.15, -0.1) is 10.2 Å². The number of amides is 1. The number of hydrogen-bond acceptors (Lipinski definition) is 6. The number of rotatable bonds is 6. The molecule has 12 heteroatoms. The summed E-state index contributed by atoms with van der Waals surface area (Å²) in [5.74, 6) is 0.227. The van der Waals surface area contributed by atoms with E-state index in [-0.39, 0.29) is 11.3 Å². The molecule has 9 nitrogen and oxygen atoms in total. The van der Waals surface area contributed by atoms with E-state index in [1.165, 1.54) is 18.4 Å². The van der Waals surface area contributed by atoms with Crippen molar-refractivity contribution in [1.82, 2.24) is 25.0 Å². The van der Waals surface area contributed by atoms with Gasteiger partial charge in [-0.3, -0.25) is 9.69 Å². The molecule has 2 N–H and O–H groups in total. The van der Waals surface area contributed by atoms with Crippen LogP contribution in [0.1, 0.15) is 54.1 Å². The van der Waals surface area contributed by atoms with Crippen molar-refractivity contribution in [2.75, 3.05) is 26.7 Å². The van der Waals surface area contributed by atoms with Gasteiger partial charge in [-0.05, 0) is 74.2 Å². The van der Waals surface area contributed by atoms with E-state index < -0.39 is 12.1 Å². The number of aliphatic carboxylic acids is 1. The molecule has 1 amide bonds. The minimum absolute atomic E-state index is 0.0605. The van der Waals surface area contributed by atoms with Gasteiger partial charge in [-0.2, -0.15) is 13.2 Å². The van der Waals surface area contributed by atoms with Crippen LogP contribution in [0.2, 0.25) is 0 Å². The Hall–Kier alpha value is -3.15. The standard InChI is InChI=1S/C23H31N5O2.C2HF3O2/c1-30-19-6-4-18(5-7-19)15-27-12-10-23(11-13-27)9-8-20-25-26-21(28(20)16-23)22(29)24-14-17-2-3-17;3-2(4,5)1(6)7/h4-7,17H,2-3,8-16H2,1H3,(H,24,29);(H,6,7). The Bertz CT molecular complexity index is 1090. The molecular formula is C25H32F3N5O4. The number of likely N-dealkylation sites (tertiary alicyclic amines) is 1. The Morgan fingerprint density at radius 2 is 1.78 bits per heavy atom. The number of benzene rings is 1. The molecule has 2 aliphatic heterocycles. The largest absolute Gasteiger partial charge is 0.497 e. The molecule has 2 fully saturated rings. The minimum atomic E-state index is -5.08. The second-order valence-electron chi connectivity index (χ2n) is 10.1. The van der Waals surface area contributed by atoms with E-state index in [0.29, 0.717) is 11.7 Å². The summed E-state index contributed by atoms with van der Waals surface area (Å²) in [6.07, 6.45) is 1.75. The zero-order valence-corrected chi connectivity index (χ0v) is 20.8. The lowest BCUT2D eigenvalue weighted by Gasteiger charge is -2.44. The lowest BCUT2D eigenvalue weighted by Crippen LogP contribution is -2.44. The van der Waals surface area contributed by atoms with Crippen LogP contribution in [0.15, 0.2) is 24.3 Å². The van der Waals surface area contributed by atoms with Crippen LogP contribution in [0, 0.1) is 11.3 Å². The number of ether oxygens (including phenoxy) is 1. The van der Waals surface area contributed by atoms with Crippen LogP contribution in [-0.4, -0.2) is 69.6 Å². The van der Waals surface area contributed by atoms with Crippen LogP contribution in [0.3, 0.4) is 0 Å². The van der Waals surface area contributed by atoms with Gasteiger partial charge in [-0.1, -0.05) is 12.1 Å². The number of nitrogens with one attached hydrogen (secondary N) is 1. The van der Waals surface area contributed by atoms with Crippen molar-refractivity contribution in [2.24, 2.45) is 11.3 Å². The molecule has 2 aromatic rings. The lowest BCUT2D eigenvalue weighted by atomic mass is 9.73. The van der Waals surface area contributed by atoms with E-state index in [1.54, 1.807) is 7.11 Å². The van der Waals surface area contributed by atoms with E-state index in [4.69, 9.17) is 14.6 Å². The molecule has 1 saturated carbocycles. The first-order valence-electron chi connectivity index (χ1n) is 12.4. The average Bonchev–Trinajstić information content (AvgIpc) is 3.62. The van der Waals surface area contributed by atoms with Gasteiger partial charge >= 0.3 is 12.1 Å². The Kier molecular flexibility index (Phi) is 8.05. The number of carboxylic acid groups (broad SMARTS) is 1. The van der Waals surface area contributed by atoms with Gasteiger partial charge in [0.2, 0.25) is 5.82 Å². The Morgan fingerprint density at radius 3 is 2.35 bits per heavy atom. The van der Waals surface area contributed by atoms with E-state index in [0.717, 1.165) is 70.0 Å². The zero-order chi connectivity index (χ0) is 26.6. The molecule has 37 heavy (non-hydrogen) atoms. The van der Waals surface area contributed by atoms with E-state index >= 15 is 0 Å². The van der Waals surface area contributed by atoms with Gasteiger partial charge in [0, 0.05) is 26.1 Å². The van der Waals surface area contributed by atoms with Gasteiger partial charge in [0.1, 0.15) is 11.6 Å². The second kappa shape index (κ2) is 11.1. The number of carboxylic acids is 1. The monoisotopic (exact) mass is 523 g/mol. The fourth-order valence-electron chi connectivity index (χ4n) is 4.87. The smallest absolute Gasteiger partial charge is 0.490 e. The van der Waals surface area contributed by atoms with Crippen LogP contribution < -0.4 is 10.1 Å². The third-order valence-corrected chi connectivity index (χ3v) is 7.38. The number of carbonyl (C=O) groups excluding carboxylic acids is 1. The fraction of sp³-hybridized carbons (Fsp3) is 0.600. The number of fused-ring (bicyclic) bond motifs is 1. The van der Waals surface area contributed by atoms with Crippen molar-refractivity contribution >= 4 is 11.9 Å². The number of hydrogen-bond donors (Lipinski definition) is 2. The van der Waals surface area contributed by atoms with Gasteiger partial charge in [-0.25, -0.2) is 4.79 Å². The van der Waals surface area contributed by atoms with Crippen molar-refractivity contribution in [1.29, 1.82) is 0 Å². The van der Waals surface area contributed by atoms with Crippen LogP contribution in [0.25, 0.3) is 0 Å². The molecule has 0 radical (unpaired) electrons. The van der Waals surface area contributed by atoms with E-state index in [1.807, 2.05) is 12.1 Å². The van der Waals surface area contributed by atoms with Crippen LogP contribution in [0.5, 0.6) is 5.75 Å². The van der Waals surface area contributed by atoms with Gasteiger partial charge in [0.25, 0.3) is 5.91 Å². The van der Waals surface area contributed by atoms with Crippen LogP contribution in [-0.2, 0) is 24.3 Å². The van der Waals surface area contributed by atoms with Crippen LogP contribution >= 0.6 is 0 Å².